The first-order chi connectivity index (χ1) is 49.6. The number of hydrogen-bond acceptors (Lipinski definition) is 23. The number of rotatable bonds is 26. The van der Waals surface area contributed by atoms with Gasteiger partial charge in [-0.25, -0.2) is 15.0 Å². The second-order valence-corrected chi connectivity index (χ2v) is 29.4. The van der Waals surface area contributed by atoms with Crippen molar-refractivity contribution in [1.29, 1.82) is 0 Å². The van der Waals surface area contributed by atoms with Gasteiger partial charge in [0.05, 0.1) is 69.7 Å². The number of Topliss-reactive ketones (excluding diaryl/α,β-unsaturated/α-hetero) is 3. The number of halogens is 1. The van der Waals surface area contributed by atoms with Crippen molar-refractivity contribution in [2.45, 2.75) is 150 Å². The average molecular weight is 1440 g/mol. The zero-order chi connectivity index (χ0) is 74.1. The first-order valence-electron chi connectivity index (χ1n) is 34.8. The maximum Gasteiger partial charge on any atom is 0.211 e. The molecule has 3 N–H and O–H groups in total. The van der Waals surface area contributed by atoms with Crippen molar-refractivity contribution in [1.82, 2.24) is 78.1 Å². The van der Waals surface area contributed by atoms with E-state index in [1.807, 2.05) is 34.0 Å². The molecular weight excluding hydrogens is 1350 g/mol. The summed E-state index contributed by atoms with van der Waals surface area (Å²) in [5, 5.41) is 26.4. The summed E-state index contributed by atoms with van der Waals surface area (Å²) in [7, 11) is 10.2. The second-order valence-electron chi connectivity index (χ2n) is 29.1. The van der Waals surface area contributed by atoms with Crippen molar-refractivity contribution in [3.63, 3.8) is 0 Å². The number of ketones is 3. The van der Waals surface area contributed by atoms with Gasteiger partial charge < -0.3 is 57.9 Å². The first kappa shape index (κ1) is 73.2. The Hall–Kier alpha value is -10.6. The number of methoxy groups -OCH3 is 3. The smallest absolute Gasteiger partial charge is 0.211 e. The molecule has 0 spiro atoms. The molecule has 28 nitrogen and oxygen atoms in total. The lowest BCUT2D eigenvalue weighted by Crippen LogP contribution is -2.22. The van der Waals surface area contributed by atoms with Crippen molar-refractivity contribution >= 4 is 86.0 Å². The molecule has 3 aliphatic carbocycles. The number of nitrogens with zero attached hydrogens (tertiary/aromatic N) is 16. The number of anilines is 4. The highest BCUT2D eigenvalue weighted by Crippen LogP contribution is 2.43. The van der Waals surface area contributed by atoms with Crippen LogP contribution in [-0.4, -0.2) is 128 Å². The number of aromatic nitrogens is 16. The van der Waals surface area contributed by atoms with Crippen LogP contribution >= 0.6 is 11.6 Å². The van der Waals surface area contributed by atoms with Gasteiger partial charge in [-0.1, -0.05) is 55.4 Å². The second kappa shape index (κ2) is 30.4. The quantitative estimate of drug-likeness (QED) is 0.0453. The summed E-state index contributed by atoms with van der Waals surface area (Å²) in [5.74, 6) is 8.65. The molecule has 11 aromatic rings. The van der Waals surface area contributed by atoms with Gasteiger partial charge in [0.1, 0.15) is 51.1 Å². The highest BCUT2D eigenvalue weighted by atomic mass is 35.5. The molecule has 11 aromatic heterocycles. The standard InChI is InChI=1S/C29H37N7O3.C28H35N7O4.C18H17ClN4O3/c1-17(2)16-36-23(29(3,4)5)14-24(34-36)32-28-33-27-25(35(28)6)26(38-7)22(15-31-27)39-20-10-11-30-19(12-20)13-21(37)18-8-9-18;1-16(36)15-35-22(28(2,3)4)13-23(33-35)31-27-32-26-24(34(27)5)25(38-6)21(14-30-26)39-19-9-10-29-18(11-19)12-20(37)17-7-8-17;1-23-15-16(25-2)14(9-21-17(15)22-18(23)19)26-12-5-6-20-11(7-12)8-13(24)10-3-4-10/h10-12,14-15,17-18H,8-9,13,16H2,1-7H3,(H,31,32,33,34);9-11,13-14,16-17,36H,7-8,12,15H2,1-6H3,(H,30,31,32,33);5-7,9-10H,3-4,8H2,1-2H3. The molecule has 1 atom stereocenters. The molecule has 104 heavy (non-hydrogen) atoms. The van der Waals surface area contributed by atoms with Crippen LogP contribution in [-0.2, 0) is 78.7 Å². The van der Waals surface area contributed by atoms with Gasteiger partial charge in [0.2, 0.25) is 17.2 Å². The molecule has 0 aliphatic heterocycles. The van der Waals surface area contributed by atoms with Crippen LogP contribution in [0.4, 0.5) is 23.5 Å². The number of nitrogens with one attached hydrogen (secondary N) is 2. The Kier molecular flexibility index (Phi) is 21.4. The van der Waals surface area contributed by atoms with Crippen LogP contribution < -0.4 is 39.1 Å². The highest BCUT2D eigenvalue weighted by molar-refractivity contribution is 6.29. The van der Waals surface area contributed by atoms with E-state index in [1.165, 1.54) is 0 Å². The van der Waals surface area contributed by atoms with Crippen molar-refractivity contribution < 1.29 is 47.9 Å². The summed E-state index contributed by atoms with van der Waals surface area (Å²) < 4.78 is 44.6. The number of imidazole rings is 3. The minimum atomic E-state index is -0.531. The maximum atomic E-state index is 12.2. The van der Waals surface area contributed by atoms with E-state index < -0.39 is 6.10 Å². The minimum Gasteiger partial charge on any atom is -0.491 e. The summed E-state index contributed by atoms with van der Waals surface area (Å²) >= 11 is 6.07. The number of aryl methyl sites for hydroxylation is 3. The number of hydrogen-bond donors (Lipinski definition) is 3. The number of carbonyl (C=O) groups excluding carboxylic acids is 3. The van der Waals surface area contributed by atoms with Gasteiger partial charge in [-0.2, -0.15) is 25.1 Å². The molecule has 0 radical (unpaired) electrons. The lowest BCUT2D eigenvalue weighted by Gasteiger charge is -2.20. The normalized spacial score (nSPS) is 14.0. The van der Waals surface area contributed by atoms with Gasteiger partial charge in [-0.05, 0) is 81.2 Å². The average Bonchev–Trinajstić information content (AvgIpc) is 1.61. The third-order valence-corrected chi connectivity index (χ3v) is 18.1. The van der Waals surface area contributed by atoms with Gasteiger partial charge in [-0.3, -0.25) is 38.7 Å². The lowest BCUT2D eigenvalue weighted by atomic mass is 9.92. The van der Waals surface area contributed by atoms with Crippen LogP contribution in [0, 0.1) is 23.7 Å². The molecular formula is C75H89ClN18O10. The number of aliphatic hydroxyl groups is 1. The SMILES string of the molecule is COc1c(Oc2ccnc(CC(=O)C3CC3)c2)cnc2nc(Cl)n(C)c12.COc1c(Oc2ccnc(CC(=O)C3CC3)c2)cnc2nc(Nc3cc(C(C)(C)C)n(CC(C)C)n3)n(C)c12.COc1c(Oc2ccnc(CC(=O)C3CC3)c2)cnc2nc(Nc3cc(C(C)(C)C)n(CC(C)O)n3)n(C)c12. The number of aliphatic hydroxyl groups excluding tert-OH is 1. The first-order valence-corrected chi connectivity index (χ1v) is 35.2. The number of carbonyl (C=O) groups is 3. The molecule has 3 fully saturated rings. The van der Waals surface area contributed by atoms with E-state index in [0.29, 0.717) is 157 Å². The Bertz CT molecular complexity index is 4760. The van der Waals surface area contributed by atoms with Crippen molar-refractivity contribution in [2.75, 3.05) is 32.0 Å². The summed E-state index contributed by atoms with van der Waals surface area (Å²) in [4.78, 5) is 76.3. The van der Waals surface area contributed by atoms with Crippen LogP contribution in [0.15, 0.2) is 85.7 Å². The van der Waals surface area contributed by atoms with Crippen LogP contribution in [0.1, 0.15) is 129 Å². The zero-order valence-electron chi connectivity index (χ0n) is 61.4. The summed E-state index contributed by atoms with van der Waals surface area (Å²) in [5.41, 5.74) is 7.45. The van der Waals surface area contributed by atoms with E-state index in [9.17, 15) is 19.5 Å². The molecule has 3 aliphatic rings. The molecule has 0 aromatic carbocycles. The number of ether oxygens (including phenoxy) is 6. The van der Waals surface area contributed by atoms with E-state index >= 15 is 0 Å². The van der Waals surface area contributed by atoms with E-state index in [-0.39, 0.29) is 45.9 Å². The lowest BCUT2D eigenvalue weighted by molar-refractivity contribution is -0.120. The maximum absolute atomic E-state index is 12.2. The third-order valence-electron chi connectivity index (χ3n) is 17.8. The van der Waals surface area contributed by atoms with Crippen LogP contribution in [0.3, 0.4) is 0 Å². The molecule has 3 saturated carbocycles. The summed E-state index contributed by atoms with van der Waals surface area (Å²) in [6.45, 7) is 20.2. The Labute approximate surface area is 607 Å². The predicted octanol–water partition coefficient (Wildman–Crippen LogP) is 13.2. The Morgan fingerprint density at radius 3 is 1.16 bits per heavy atom. The molecule has 1 unspecified atom stereocenters. The van der Waals surface area contributed by atoms with Gasteiger partial charge in [0, 0.05) is 136 Å². The van der Waals surface area contributed by atoms with Crippen LogP contribution in [0.5, 0.6) is 51.7 Å². The summed E-state index contributed by atoms with van der Waals surface area (Å²) in [6, 6.07) is 14.6. The van der Waals surface area contributed by atoms with E-state index in [4.69, 9.17) is 50.1 Å². The molecule has 546 valence electrons. The third kappa shape index (κ3) is 17.0. The monoisotopic (exact) mass is 1440 g/mol. The Morgan fingerprint density at radius 1 is 0.510 bits per heavy atom. The fourth-order valence-corrected chi connectivity index (χ4v) is 12.2. The highest BCUT2D eigenvalue weighted by Gasteiger charge is 2.33. The van der Waals surface area contributed by atoms with Crippen molar-refractivity contribution in [3.8, 4) is 51.7 Å². The van der Waals surface area contributed by atoms with Crippen LogP contribution in [0.25, 0.3) is 33.5 Å². The molecule has 11 heterocycles. The molecule has 0 bridgehead atoms. The van der Waals surface area contributed by atoms with Gasteiger partial charge in [0.15, 0.2) is 63.1 Å². The van der Waals surface area contributed by atoms with E-state index in [2.05, 4.69) is 122 Å². The van der Waals surface area contributed by atoms with E-state index in [0.717, 1.165) is 62.3 Å². The minimum absolute atomic E-state index is 0.0524. The predicted molar refractivity (Wildman–Crippen MR) is 392 cm³/mol. The molecule has 14 rings (SSSR count). The fraction of sp³-hybridized carbons (Fsp3) is 0.440. The zero-order valence-corrected chi connectivity index (χ0v) is 62.2. The van der Waals surface area contributed by atoms with Crippen molar-refractivity contribution in [3.05, 3.63) is 119 Å². The van der Waals surface area contributed by atoms with E-state index in [1.54, 1.807) is 113 Å². The van der Waals surface area contributed by atoms with Crippen LogP contribution in [0.2, 0.25) is 5.28 Å². The molecule has 29 heteroatoms. The number of pyridine rings is 6. The topological polar surface area (TPSA) is 317 Å². The van der Waals surface area contributed by atoms with Gasteiger partial charge in [0.25, 0.3) is 0 Å². The van der Waals surface area contributed by atoms with Gasteiger partial charge >= 0.3 is 0 Å². The Morgan fingerprint density at radius 2 is 0.846 bits per heavy atom. The molecule has 0 saturated heterocycles. The number of fused-ring (bicyclic) bond motifs is 3. The largest absolute Gasteiger partial charge is 0.491 e. The Balaban J connectivity index is 0.000000150. The van der Waals surface area contributed by atoms with Gasteiger partial charge in [-0.15, -0.1) is 0 Å². The summed E-state index contributed by atoms with van der Waals surface area (Å²) in [6.07, 6.45) is 15.9. The molecule has 0 amide bonds. The fourth-order valence-electron chi connectivity index (χ4n) is 12.1. The van der Waals surface area contributed by atoms with Crippen molar-refractivity contribution in [2.24, 2.45) is 44.8 Å².